The molecule has 0 atom stereocenters. The third-order valence-corrected chi connectivity index (χ3v) is 6.63. The smallest absolute Gasteiger partial charge is 0.241 e. The fraction of sp³-hybridized carbons (Fsp3) is 0.167. The summed E-state index contributed by atoms with van der Waals surface area (Å²) < 4.78 is 34.9. The van der Waals surface area contributed by atoms with E-state index in [2.05, 4.69) is 4.72 Å². The molecule has 0 aliphatic heterocycles. The standard InChI is InChI=1S/C24H23NO3S/c1-16(2)25-29(26,27)22-15-13-18-9-5-7-11-20(18)24(22)23-19-10-6-4-8-17(19)12-14-21(23)28-3/h4-16,25H,1-3H3. The van der Waals surface area contributed by atoms with E-state index in [-0.39, 0.29) is 10.9 Å². The van der Waals surface area contributed by atoms with Gasteiger partial charge in [-0.15, -0.1) is 0 Å². The van der Waals surface area contributed by atoms with Crippen molar-refractivity contribution in [2.75, 3.05) is 7.11 Å². The van der Waals surface area contributed by atoms with Crippen molar-refractivity contribution in [3.05, 3.63) is 72.8 Å². The van der Waals surface area contributed by atoms with Gasteiger partial charge < -0.3 is 4.74 Å². The maximum Gasteiger partial charge on any atom is 0.241 e. The normalized spacial score (nSPS) is 12.0. The second-order valence-corrected chi connectivity index (χ2v) is 8.98. The average molecular weight is 406 g/mol. The molecular formula is C24H23NO3S. The Bertz CT molecular complexity index is 1310. The summed E-state index contributed by atoms with van der Waals surface area (Å²) in [5.41, 5.74) is 1.44. The minimum Gasteiger partial charge on any atom is -0.496 e. The molecule has 4 nitrogen and oxygen atoms in total. The third kappa shape index (κ3) is 3.48. The van der Waals surface area contributed by atoms with Crippen LogP contribution in [0.1, 0.15) is 13.8 Å². The van der Waals surface area contributed by atoms with Crippen molar-refractivity contribution in [3.8, 4) is 16.9 Å². The van der Waals surface area contributed by atoms with Crippen molar-refractivity contribution < 1.29 is 13.2 Å². The molecule has 0 radical (unpaired) electrons. The van der Waals surface area contributed by atoms with Gasteiger partial charge in [-0.3, -0.25) is 0 Å². The van der Waals surface area contributed by atoms with E-state index in [0.29, 0.717) is 11.3 Å². The van der Waals surface area contributed by atoms with Crippen LogP contribution < -0.4 is 9.46 Å². The second-order valence-electron chi connectivity index (χ2n) is 7.30. The molecule has 4 aromatic rings. The van der Waals surface area contributed by atoms with Crippen molar-refractivity contribution in [1.82, 2.24) is 4.72 Å². The minimum absolute atomic E-state index is 0.214. The Morgan fingerprint density at radius 3 is 1.90 bits per heavy atom. The summed E-state index contributed by atoms with van der Waals surface area (Å²) in [6.07, 6.45) is 0. The zero-order valence-corrected chi connectivity index (χ0v) is 17.5. The van der Waals surface area contributed by atoms with Crippen molar-refractivity contribution in [3.63, 3.8) is 0 Å². The number of benzene rings is 4. The lowest BCUT2D eigenvalue weighted by Gasteiger charge is -2.19. The van der Waals surface area contributed by atoms with E-state index in [1.165, 1.54) is 0 Å². The molecule has 0 bridgehead atoms. The second kappa shape index (κ2) is 7.50. The molecule has 29 heavy (non-hydrogen) atoms. The zero-order chi connectivity index (χ0) is 20.6. The van der Waals surface area contributed by atoms with E-state index < -0.39 is 10.0 Å². The minimum atomic E-state index is -3.73. The highest BCUT2D eigenvalue weighted by Gasteiger charge is 2.25. The molecule has 0 saturated carbocycles. The number of fused-ring (bicyclic) bond motifs is 2. The topological polar surface area (TPSA) is 55.4 Å². The first-order valence-electron chi connectivity index (χ1n) is 9.52. The van der Waals surface area contributed by atoms with Crippen LogP contribution in [0.2, 0.25) is 0 Å². The first-order chi connectivity index (χ1) is 13.9. The summed E-state index contributed by atoms with van der Waals surface area (Å²) in [4.78, 5) is 0.250. The molecule has 4 aromatic carbocycles. The van der Waals surface area contributed by atoms with E-state index in [9.17, 15) is 8.42 Å². The van der Waals surface area contributed by atoms with Gasteiger partial charge in [-0.05, 0) is 47.5 Å². The summed E-state index contributed by atoms with van der Waals surface area (Å²) in [7, 11) is -2.12. The van der Waals surface area contributed by atoms with E-state index in [1.807, 2.05) is 80.6 Å². The Balaban J connectivity index is 2.19. The largest absolute Gasteiger partial charge is 0.496 e. The molecule has 0 unspecified atom stereocenters. The van der Waals surface area contributed by atoms with Gasteiger partial charge in [0.2, 0.25) is 10.0 Å². The van der Waals surface area contributed by atoms with Crippen LogP contribution in [-0.4, -0.2) is 21.6 Å². The summed E-state index contributed by atoms with van der Waals surface area (Å²) in [6, 6.07) is 23.0. The highest BCUT2D eigenvalue weighted by atomic mass is 32.2. The number of rotatable bonds is 5. The highest BCUT2D eigenvalue weighted by Crippen LogP contribution is 2.43. The molecule has 0 heterocycles. The molecule has 0 aliphatic carbocycles. The van der Waals surface area contributed by atoms with Gasteiger partial charge in [-0.25, -0.2) is 13.1 Å². The number of sulfonamides is 1. The van der Waals surface area contributed by atoms with Gasteiger partial charge in [-0.1, -0.05) is 60.7 Å². The van der Waals surface area contributed by atoms with E-state index in [0.717, 1.165) is 27.1 Å². The number of hydrogen-bond acceptors (Lipinski definition) is 3. The number of hydrogen-bond donors (Lipinski definition) is 1. The first kappa shape index (κ1) is 19.4. The molecule has 0 aromatic heterocycles. The lowest BCUT2D eigenvalue weighted by Crippen LogP contribution is -2.30. The number of nitrogens with one attached hydrogen (secondary N) is 1. The monoisotopic (exact) mass is 405 g/mol. The van der Waals surface area contributed by atoms with Crippen LogP contribution in [0.15, 0.2) is 77.7 Å². The number of ether oxygens (including phenoxy) is 1. The third-order valence-electron chi connectivity index (χ3n) is 4.93. The van der Waals surface area contributed by atoms with Crippen LogP contribution >= 0.6 is 0 Å². The number of methoxy groups -OCH3 is 1. The molecule has 4 rings (SSSR count). The van der Waals surface area contributed by atoms with Gasteiger partial charge >= 0.3 is 0 Å². The molecule has 5 heteroatoms. The Morgan fingerprint density at radius 1 is 0.759 bits per heavy atom. The molecule has 1 N–H and O–H groups in total. The summed E-state index contributed by atoms with van der Waals surface area (Å²) in [6.45, 7) is 3.63. The molecule has 0 aliphatic rings. The maximum atomic E-state index is 13.3. The first-order valence-corrected chi connectivity index (χ1v) is 11.0. The molecule has 148 valence electrons. The van der Waals surface area contributed by atoms with E-state index in [4.69, 9.17) is 4.74 Å². The molecule has 0 fully saturated rings. The molecule has 0 spiro atoms. The zero-order valence-electron chi connectivity index (χ0n) is 16.6. The van der Waals surface area contributed by atoms with Crippen LogP contribution in [0.4, 0.5) is 0 Å². The quantitative estimate of drug-likeness (QED) is 0.487. The van der Waals surface area contributed by atoms with Gasteiger partial charge in [-0.2, -0.15) is 0 Å². The van der Waals surface area contributed by atoms with Crippen molar-refractivity contribution >= 4 is 31.6 Å². The van der Waals surface area contributed by atoms with Crippen molar-refractivity contribution in [2.24, 2.45) is 0 Å². The van der Waals surface area contributed by atoms with Gasteiger partial charge in [0.05, 0.1) is 12.0 Å². The van der Waals surface area contributed by atoms with Crippen LogP contribution in [0.3, 0.4) is 0 Å². The Morgan fingerprint density at radius 2 is 1.31 bits per heavy atom. The molecule has 0 amide bonds. The van der Waals surface area contributed by atoms with E-state index >= 15 is 0 Å². The van der Waals surface area contributed by atoms with Gasteiger partial charge in [0, 0.05) is 17.2 Å². The lowest BCUT2D eigenvalue weighted by molar-refractivity contribution is 0.417. The van der Waals surface area contributed by atoms with Gasteiger partial charge in [0.25, 0.3) is 0 Å². The van der Waals surface area contributed by atoms with E-state index in [1.54, 1.807) is 13.2 Å². The predicted octanol–water partition coefficient (Wildman–Crippen LogP) is 5.36. The fourth-order valence-electron chi connectivity index (χ4n) is 3.79. The van der Waals surface area contributed by atoms with Crippen LogP contribution in [0, 0.1) is 0 Å². The molecular weight excluding hydrogens is 382 g/mol. The Kier molecular flexibility index (Phi) is 5.03. The summed E-state index contributed by atoms with van der Waals surface area (Å²) in [5, 5.41) is 3.82. The van der Waals surface area contributed by atoms with Crippen molar-refractivity contribution in [2.45, 2.75) is 24.8 Å². The Labute approximate surface area is 171 Å². The van der Waals surface area contributed by atoms with Crippen LogP contribution in [0.5, 0.6) is 5.75 Å². The highest BCUT2D eigenvalue weighted by molar-refractivity contribution is 7.89. The summed E-state index contributed by atoms with van der Waals surface area (Å²) in [5.74, 6) is 0.640. The van der Waals surface area contributed by atoms with Gasteiger partial charge in [0.15, 0.2) is 0 Å². The lowest BCUT2D eigenvalue weighted by atomic mass is 9.93. The predicted molar refractivity (Wildman–Crippen MR) is 119 cm³/mol. The average Bonchev–Trinajstić information content (AvgIpc) is 2.71. The van der Waals surface area contributed by atoms with Crippen molar-refractivity contribution in [1.29, 1.82) is 0 Å². The fourth-order valence-corrected chi connectivity index (χ4v) is 5.26. The Hall–Kier alpha value is -2.89. The summed E-state index contributed by atoms with van der Waals surface area (Å²) >= 11 is 0. The maximum absolute atomic E-state index is 13.3. The van der Waals surface area contributed by atoms with Crippen LogP contribution in [0.25, 0.3) is 32.7 Å². The SMILES string of the molecule is COc1ccc2ccccc2c1-c1c(S(=O)(=O)NC(C)C)ccc2ccccc12. The molecule has 0 saturated heterocycles. The van der Waals surface area contributed by atoms with Gasteiger partial charge in [0.1, 0.15) is 5.75 Å². The van der Waals surface area contributed by atoms with Crippen LogP contribution in [-0.2, 0) is 10.0 Å².